The van der Waals surface area contributed by atoms with Crippen LogP contribution in [0.4, 0.5) is 0 Å². The lowest BCUT2D eigenvalue weighted by Gasteiger charge is -2.32. The first-order valence-corrected chi connectivity index (χ1v) is 9.39. The molecule has 3 aromatic rings. The lowest BCUT2D eigenvalue weighted by Crippen LogP contribution is -2.26. The van der Waals surface area contributed by atoms with Crippen molar-refractivity contribution in [1.82, 2.24) is 0 Å². The molecule has 0 amide bonds. The van der Waals surface area contributed by atoms with Crippen LogP contribution in [0.3, 0.4) is 0 Å². The van der Waals surface area contributed by atoms with Gasteiger partial charge in [-0.2, -0.15) is 0 Å². The van der Waals surface area contributed by atoms with E-state index in [2.05, 4.69) is 43.3 Å². The third-order valence-electron chi connectivity index (χ3n) is 4.82. The maximum absolute atomic E-state index is 10.6. The van der Waals surface area contributed by atoms with Crippen LogP contribution in [0, 0.1) is 0 Å². The van der Waals surface area contributed by atoms with Gasteiger partial charge in [0.15, 0.2) is 0 Å². The fraction of sp³-hybridized carbons (Fsp3) is 0.240. The summed E-state index contributed by atoms with van der Waals surface area (Å²) in [7, 11) is 0. The van der Waals surface area contributed by atoms with E-state index in [9.17, 15) is 4.79 Å². The monoisotopic (exact) mass is 374 g/mol. The molecule has 3 heteroatoms. The van der Waals surface area contributed by atoms with Crippen molar-refractivity contribution in [2.45, 2.75) is 38.7 Å². The molecule has 3 nitrogen and oxygen atoms in total. The Morgan fingerprint density at radius 2 is 1.11 bits per heavy atom. The van der Waals surface area contributed by atoms with Crippen LogP contribution in [-0.2, 0) is 10.2 Å². The van der Waals surface area contributed by atoms with Gasteiger partial charge in [-0.05, 0) is 68.7 Å². The fourth-order valence-corrected chi connectivity index (χ4v) is 3.40. The molecule has 0 aliphatic rings. The molecule has 0 saturated carbocycles. The van der Waals surface area contributed by atoms with E-state index in [-0.39, 0.29) is 11.0 Å². The van der Waals surface area contributed by atoms with Crippen molar-refractivity contribution in [3.63, 3.8) is 0 Å². The lowest BCUT2D eigenvalue weighted by atomic mass is 9.71. The van der Waals surface area contributed by atoms with Crippen molar-refractivity contribution >= 4 is 6.47 Å². The summed E-state index contributed by atoms with van der Waals surface area (Å²) < 4.78 is 10.9. The van der Waals surface area contributed by atoms with Gasteiger partial charge < -0.3 is 9.47 Å². The minimum absolute atomic E-state index is 0.237. The summed E-state index contributed by atoms with van der Waals surface area (Å²) in [6.07, 6.45) is 0. The zero-order chi connectivity index (χ0) is 20.2. The largest absolute Gasteiger partial charge is 0.488 e. The second-order valence-electron chi connectivity index (χ2n) is 7.97. The Hall–Kier alpha value is -3.07. The van der Waals surface area contributed by atoms with E-state index in [1.807, 2.05) is 63.2 Å². The molecule has 0 fully saturated rings. The van der Waals surface area contributed by atoms with Gasteiger partial charge in [0.25, 0.3) is 6.47 Å². The van der Waals surface area contributed by atoms with E-state index in [0.29, 0.717) is 12.2 Å². The molecule has 3 aromatic carbocycles. The molecule has 0 radical (unpaired) electrons. The van der Waals surface area contributed by atoms with Gasteiger partial charge in [-0.25, -0.2) is 0 Å². The highest BCUT2D eigenvalue weighted by Gasteiger charge is 2.31. The highest BCUT2D eigenvalue weighted by atomic mass is 16.5. The van der Waals surface area contributed by atoms with Gasteiger partial charge in [-0.15, -0.1) is 0 Å². The van der Waals surface area contributed by atoms with Gasteiger partial charge in [0.2, 0.25) is 0 Å². The molecule has 0 heterocycles. The minimum atomic E-state index is -0.360. The first kappa shape index (κ1) is 19.7. The van der Waals surface area contributed by atoms with Crippen LogP contribution in [0.1, 0.15) is 44.4 Å². The number of ether oxygens (including phenoxy) is 2. The zero-order valence-electron chi connectivity index (χ0n) is 16.8. The van der Waals surface area contributed by atoms with Crippen LogP contribution < -0.4 is 9.47 Å². The van der Waals surface area contributed by atoms with Crippen molar-refractivity contribution in [2.24, 2.45) is 0 Å². The molecule has 0 spiro atoms. The van der Waals surface area contributed by atoms with Crippen LogP contribution in [0.5, 0.6) is 11.5 Å². The zero-order valence-corrected chi connectivity index (χ0v) is 16.8. The molecule has 3 rings (SSSR count). The van der Waals surface area contributed by atoms with Gasteiger partial charge in [0, 0.05) is 5.41 Å². The summed E-state index contributed by atoms with van der Waals surface area (Å²) in [5.41, 5.74) is 2.86. The predicted octanol–water partition coefficient (Wildman–Crippen LogP) is 5.75. The minimum Gasteiger partial charge on any atom is -0.488 e. The van der Waals surface area contributed by atoms with Crippen LogP contribution in [0.15, 0.2) is 78.9 Å². The Morgan fingerprint density at radius 3 is 1.57 bits per heavy atom. The quantitative estimate of drug-likeness (QED) is 0.407. The third kappa shape index (κ3) is 4.25. The summed E-state index contributed by atoms with van der Waals surface area (Å²) in [6.45, 7) is 8.77. The Balaban J connectivity index is 2.06. The average Bonchev–Trinajstić information content (AvgIpc) is 2.68. The molecule has 0 aliphatic carbocycles. The molecule has 0 N–H and O–H groups in total. The molecule has 1 unspecified atom stereocenters. The molecular weight excluding hydrogens is 348 g/mol. The molecule has 0 aromatic heterocycles. The lowest BCUT2D eigenvalue weighted by molar-refractivity contribution is -0.120. The topological polar surface area (TPSA) is 35.5 Å². The molecular formula is C25H26O3. The van der Waals surface area contributed by atoms with Crippen LogP contribution in [0.2, 0.25) is 0 Å². The molecule has 0 bridgehead atoms. The SMILES string of the molecule is CC(C)(C)Oc1ccc(C(C)(c2ccccc2)c2ccc(OC=O)cc2)cc1. The normalized spacial score (nSPS) is 13.4. The summed E-state index contributed by atoms with van der Waals surface area (Å²) in [6, 6.07) is 26.3. The Kier molecular flexibility index (Phi) is 5.55. The molecule has 1 atom stereocenters. The predicted molar refractivity (Wildman–Crippen MR) is 112 cm³/mol. The second-order valence-corrected chi connectivity index (χ2v) is 7.97. The number of benzene rings is 3. The summed E-state index contributed by atoms with van der Waals surface area (Å²) in [4.78, 5) is 10.6. The third-order valence-corrected chi connectivity index (χ3v) is 4.82. The van der Waals surface area contributed by atoms with Crippen molar-refractivity contribution in [2.75, 3.05) is 0 Å². The summed E-state index contributed by atoms with van der Waals surface area (Å²) in [5, 5.41) is 0. The van der Waals surface area contributed by atoms with Crippen molar-refractivity contribution < 1.29 is 14.3 Å². The smallest absolute Gasteiger partial charge is 0.298 e. The molecule has 0 aliphatic heterocycles. The van der Waals surface area contributed by atoms with Crippen molar-refractivity contribution in [3.05, 3.63) is 95.6 Å². The van der Waals surface area contributed by atoms with E-state index in [0.717, 1.165) is 16.9 Å². The van der Waals surface area contributed by atoms with E-state index in [1.54, 1.807) is 0 Å². The molecule has 0 saturated heterocycles. The second kappa shape index (κ2) is 7.89. The highest BCUT2D eigenvalue weighted by molar-refractivity contribution is 5.52. The Bertz CT molecular complexity index is 907. The van der Waals surface area contributed by atoms with Gasteiger partial charge >= 0.3 is 0 Å². The summed E-state index contributed by atoms with van der Waals surface area (Å²) >= 11 is 0. The molecule has 144 valence electrons. The molecule has 28 heavy (non-hydrogen) atoms. The fourth-order valence-electron chi connectivity index (χ4n) is 3.40. The van der Waals surface area contributed by atoms with Crippen LogP contribution in [-0.4, -0.2) is 12.1 Å². The number of hydrogen-bond donors (Lipinski definition) is 0. The van der Waals surface area contributed by atoms with Crippen molar-refractivity contribution in [3.8, 4) is 11.5 Å². The van der Waals surface area contributed by atoms with Gasteiger partial charge in [0.05, 0.1) is 0 Å². The van der Waals surface area contributed by atoms with Crippen LogP contribution >= 0.6 is 0 Å². The number of rotatable bonds is 6. The van der Waals surface area contributed by atoms with E-state index < -0.39 is 0 Å². The van der Waals surface area contributed by atoms with Gasteiger partial charge in [-0.3, -0.25) is 4.79 Å². The average molecular weight is 374 g/mol. The number of hydrogen-bond acceptors (Lipinski definition) is 3. The van der Waals surface area contributed by atoms with Crippen LogP contribution in [0.25, 0.3) is 0 Å². The first-order chi connectivity index (χ1) is 13.3. The maximum Gasteiger partial charge on any atom is 0.298 e. The van der Waals surface area contributed by atoms with Gasteiger partial charge in [0.1, 0.15) is 17.1 Å². The first-order valence-electron chi connectivity index (χ1n) is 9.39. The Morgan fingerprint density at radius 1 is 0.643 bits per heavy atom. The highest BCUT2D eigenvalue weighted by Crippen LogP contribution is 2.40. The number of carbonyl (C=O) groups excluding carboxylic acids is 1. The van der Waals surface area contributed by atoms with Gasteiger partial charge in [-0.1, -0.05) is 54.6 Å². The maximum atomic E-state index is 10.6. The standard InChI is InChI=1S/C25H26O3/c1-24(2,3)28-23-16-12-21(13-17-23)25(4,19-8-6-5-7-9-19)20-10-14-22(15-11-20)27-18-26/h5-18H,1-4H3. The van der Waals surface area contributed by atoms with E-state index >= 15 is 0 Å². The number of carbonyl (C=O) groups is 1. The summed E-state index contributed by atoms with van der Waals surface area (Å²) in [5.74, 6) is 1.38. The van der Waals surface area contributed by atoms with E-state index in [4.69, 9.17) is 9.47 Å². The van der Waals surface area contributed by atoms with Crippen molar-refractivity contribution in [1.29, 1.82) is 0 Å². The van der Waals surface area contributed by atoms with E-state index in [1.165, 1.54) is 5.56 Å². The Labute approximate surface area is 166 Å².